The van der Waals surface area contributed by atoms with Crippen molar-refractivity contribution in [1.82, 2.24) is 15.1 Å². The van der Waals surface area contributed by atoms with Crippen LogP contribution in [0.5, 0.6) is 0 Å². The zero-order valence-electron chi connectivity index (χ0n) is 16.5. The Kier molecular flexibility index (Phi) is 5.94. The maximum absolute atomic E-state index is 13.1. The molecular weight excluding hydrogens is 334 g/mol. The van der Waals surface area contributed by atoms with Gasteiger partial charge in [0.15, 0.2) is 5.69 Å². The summed E-state index contributed by atoms with van der Waals surface area (Å²) in [4.78, 5) is 13.1. The van der Waals surface area contributed by atoms with Gasteiger partial charge in [0.1, 0.15) is 0 Å². The number of hydrogen-bond acceptors (Lipinski definition) is 2. The minimum Gasteiger partial charge on any atom is -0.342 e. The van der Waals surface area contributed by atoms with Crippen molar-refractivity contribution in [2.45, 2.75) is 58.5 Å². The van der Waals surface area contributed by atoms with Crippen molar-refractivity contribution in [2.75, 3.05) is 0 Å². The lowest BCUT2D eigenvalue weighted by atomic mass is 9.94. The van der Waals surface area contributed by atoms with E-state index in [2.05, 4.69) is 17.3 Å². The maximum atomic E-state index is 13.1. The number of amides is 1. The quantitative estimate of drug-likeness (QED) is 0.553. The molecule has 142 valence electrons. The molecule has 0 aliphatic heterocycles. The van der Waals surface area contributed by atoms with Gasteiger partial charge in [0.2, 0.25) is 0 Å². The third kappa shape index (κ3) is 4.38. The van der Waals surface area contributed by atoms with E-state index in [0.717, 1.165) is 29.4 Å². The van der Waals surface area contributed by atoms with E-state index in [1.54, 1.807) is 0 Å². The topological polar surface area (TPSA) is 46.9 Å². The highest BCUT2D eigenvalue weighted by molar-refractivity contribution is 6.05. The van der Waals surface area contributed by atoms with Gasteiger partial charge in [-0.05, 0) is 31.9 Å². The largest absolute Gasteiger partial charge is 0.342 e. The normalized spacial score (nSPS) is 11.7. The zero-order valence-corrected chi connectivity index (χ0v) is 16.5. The van der Waals surface area contributed by atoms with E-state index in [1.165, 1.54) is 19.3 Å². The van der Waals surface area contributed by atoms with Crippen LogP contribution in [0, 0.1) is 0 Å². The number of rotatable bonds is 8. The number of nitrogens with one attached hydrogen (secondary N) is 1. The highest BCUT2D eigenvalue weighted by Crippen LogP contribution is 2.23. The molecular formula is C23H29N3O. The van der Waals surface area contributed by atoms with Crippen molar-refractivity contribution in [3.8, 4) is 0 Å². The van der Waals surface area contributed by atoms with Crippen LogP contribution < -0.4 is 5.32 Å². The van der Waals surface area contributed by atoms with Crippen molar-refractivity contribution in [2.24, 2.45) is 0 Å². The Hall–Kier alpha value is -2.62. The average molecular weight is 364 g/mol. The molecule has 0 fully saturated rings. The van der Waals surface area contributed by atoms with Crippen LogP contribution in [0.4, 0.5) is 0 Å². The zero-order chi connectivity index (χ0) is 19.3. The van der Waals surface area contributed by atoms with Crippen LogP contribution in [-0.4, -0.2) is 15.7 Å². The van der Waals surface area contributed by atoms with E-state index in [4.69, 9.17) is 0 Å². The Balaban J connectivity index is 1.84. The molecule has 4 heteroatoms. The molecule has 0 spiro atoms. The molecule has 1 heterocycles. The van der Waals surface area contributed by atoms with Crippen molar-refractivity contribution < 1.29 is 4.79 Å². The number of fused-ring (bicyclic) bond motifs is 1. The van der Waals surface area contributed by atoms with Gasteiger partial charge in [-0.3, -0.25) is 9.48 Å². The number of unbranched alkanes of at least 4 members (excludes halogenated alkanes) is 3. The molecule has 0 aliphatic rings. The van der Waals surface area contributed by atoms with Crippen LogP contribution in [0.1, 0.15) is 62.5 Å². The first kappa shape index (κ1) is 19.2. The van der Waals surface area contributed by atoms with Crippen LogP contribution in [0.15, 0.2) is 54.6 Å². The number of carbonyl (C=O) groups is 1. The molecule has 2 aromatic carbocycles. The van der Waals surface area contributed by atoms with Gasteiger partial charge in [0.25, 0.3) is 5.91 Å². The first-order valence-electron chi connectivity index (χ1n) is 9.86. The molecule has 0 aliphatic carbocycles. The Labute approximate surface area is 161 Å². The number of carbonyl (C=O) groups excluding carboxylic acids is 1. The van der Waals surface area contributed by atoms with E-state index in [1.807, 2.05) is 73.1 Å². The van der Waals surface area contributed by atoms with E-state index >= 15 is 0 Å². The number of benzene rings is 2. The second kappa shape index (κ2) is 8.38. The molecule has 3 rings (SSSR count). The lowest BCUT2D eigenvalue weighted by molar-refractivity contribution is 0.0907. The van der Waals surface area contributed by atoms with E-state index in [0.29, 0.717) is 5.69 Å². The van der Waals surface area contributed by atoms with E-state index in [9.17, 15) is 4.79 Å². The first-order valence-corrected chi connectivity index (χ1v) is 9.86. The van der Waals surface area contributed by atoms with Crippen LogP contribution >= 0.6 is 0 Å². The summed E-state index contributed by atoms with van der Waals surface area (Å²) in [5.74, 6) is -0.132. The molecule has 0 unspecified atom stereocenters. The summed E-state index contributed by atoms with van der Waals surface area (Å²) >= 11 is 0. The minimum atomic E-state index is -0.468. The number of aromatic nitrogens is 2. The highest BCUT2D eigenvalue weighted by atomic mass is 16.2. The molecule has 1 amide bonds. The Morgan fingerprint density at radius 1 is 1.00 bits per heavy atom. The van der Waals surface area contributed by atoms with E-state index in [-0.39, 0.29) is 5.91 Å². The van der Waals surface area contributed by atoms with Gasteiger partial charge in [-0.1, -0.05) is 74.7 Å². The van der Waals surface area contributed by atoms with Gasteiger partial charge in [0.05, 0.1) is 11.1 Å². The molecule has 4 nitrogen and oxygen atoms in total. The molecule has 0 saturated heterocycles. The number of hydrogen-bond donors (Lipinski definition) is 1. The summed E-state index contributed by atoms with van der Waals surface area (Å²) in [5.41, 5.74) is 2.13. The van der Waals surface area contributed by atoms with Gasteiger partial charge in [-0.25, -0.2) is 0 Å². The molecule has 3 aromatic rings. The second-order valence-electron chi connectivity index (χ2n) is 7.59. The average Bonchev–Trinajstić information content (AvgIpc) is 3.05. The third-order valence-electron chi connectivity index (χ3n) is 5.02. The van der Waals surface area contributed by atoms with Crippen molar-refractivity contribution in [1.29, 1.82) is 0 Å². The van der Waals surface area contributed by atoms with Gasteiger partial charge < -0.3 is 5.32 Å². The SMILES string of the molecule is CCCCCCn1nc(C(=O)NC(C)(C)c2ccccc2)c2ccccc21. The molecule has 0 atom stereocenters. The maximum Gasteiger partial charge on any atom is 0.273 e. The molecule has 0 bridgehead atoms. The number of nitrogens with zero attached hydrogens (tertiary/aromatic N) is 2. The summed E-state index contributed by atoms with van der Waals surface area (Å²) in [6.07, 6.45) is 4.71. The van der Waals surface area contributed by atoms with Crippen molar-refractivity contribution >= 4 is 16.8 Å². The van der Waals surface area contributed by atoms with Gasteiger partial charge in [-0.2, -0.15) is 5.10 Å². The molecule has 0 radical (unpaired) electrons. The predicted octanol–water partition coefficient (Wildman–Crippen LogP) is 5.28. The van der Waals surface area contributed by atoms with Gasteiger partial charge >= 0.3 is 0 Å². The summed E-state index contributed by atoms with van der Waals surface area (Å²) in [7, 11) is 0. The van der Waals surface area contributed by atoms with Crippen molar-refractivity contribution in [3.05, 3.63) is 65.9 Å². The Morgan fingerprint density at radius 2 is 1.70 bits per heavy atom. The smallest absolute Gasteiger partial charge is 0.273 e. The summed E-state index contributed by atoms with van der Waals surface area (Å²) < 4.78 is 1.98. The van der Waals surface area contributed by atoms with Crippen LogP contribution in [0.2, 0.25) is 0 Å². The minimum absolute atomic E-state index is 0.132. The Bertz CT molecular complexity index is 896. The highest BCUT2D eigenvalue weighted by Gasteiger charge is 2.26. The molecule has 27 heavy (non-hydrogen) atoms. The fourth-order valence-corrected chi connectivity index (χ4v) is 3.42. The fourth-order valence-electron chi connectivity index (χ4n) is 3.42. The molecule has 1 N–H and O–H groups in total. The summed E-state index contributed by atoms with van der Waals surface area (Å²) in [6, 6.07) is 18.0. The monoisotopic (exact) mass is 363 g/mol. The molecule has 0 saturated carbocycles. The van der Waals surface area contributed by atoms with E-state index < -0.39 is 5.54 Å². The van der Waals surface area contributed by atoms with Crippen LogP contribution in [-0.2, 0) is 12.1 Å². The first-order chi connectivity index (χ1) is 13.0. The van der Waals surface area contributed by atoms with Gasteiger partial charge in [-0.15, -0.1) is 0 Å². The standard InChI is InChI=1S/C23H29N3O/c1-4-5-6-12-17-26-20-16-11-10-15-19(20)21(25-26)22(27)24-23(2,3)18-13-8-7-9-14-18/h7-11,13-16H,4-6,12,17H2,1-3H3,(H,24,27). The van der Waals surface area contributed by atoms with Gasteiger partial charge in [0, 0.05) is 11.9 Å². The number of para-hydroxylation sites is 1. The number of aryl methyl sites for hydroxylation is 1. The third-order valence-corrected chi connectivity index (χ3v) is 5.02. The van der Waals surface area contributed by atoms with Crippen molar-refractivity contribution in [3.63, 3.8) is 0 Å². The van der Waals surface area contributed by atoms with Crippen LogP contribution in [0.25, 0.3) is 10.9 Å². The summed E-state index contributed by atoms with van der Waals surface area (Å²) in [6.45, 7) is 7.09. The fraction of sp³-hybridized carbons (Fsp3) is 0.391. The predicted molar refractivity (Wildman–Crippen MR) is 111 cm³/mol. The second-order valence-corrected chi connectivity index (χ2v) is 7.59. The molecule has 1 aromatic heterocycles. The summed E-state index contributed by atoms with van der Waals surface area (Å²) in [5, 5.41) is 8.74. The lowest BCUT2D eigenvalue weighted by Gasteiger charge is -2.26. The lowest BCUT2D eigenvalue weighted by Crippen LogP contribution is -2.41. The van der Waals surface area contributed by atoms with Crippen LogP contribution in [0.3, 0.4) is 0 Å². The Morgan fingerprint density at radius 3 is 2.44 bits per heavy atom.